The number of carbonyl (C=O) groups excluding carboxylic acids is 1. The molecule has 6 heteroatoms. The van der Waals surface area contributed by atoms with Crippen LogP contribution in [0.25, 0.3) is 0 Å². The van der Waals surface area contributed by atoms with Gasteiger partial charge in [0.15, 0.2) is 0 Å². The Morgan fingerprint density at radius 2 is 2.11 bits per heavy atom. The molecule has 1 aliphatic carbocycles. The van der Waals surface area contributed by atoms with E-state index in [2.05, 4.69) is 10.3 Å². The summed E-state index contributed by atoms with van der Waals surface area (Å²) in [5.74, 6) is -1.51. The average Bonchev–Trinajstić information content (AvgIpc) is 3.06. The Labute approximate surface area is 116 Å². The summed E-state index contributed by atoms with van der Waals surface area (Å²) in [4.78, 5) is 29.0. The van der Waals surface area contributed by atoms with Crippen molar-refractivity contribution in [3.05, 3.63) is 15.6 Å². The van der Waals surface area contributed by atoms with Gasteiger partial charge in [0.05, 0.1) is 10.7 Å². The molecule has 1 atom stereocenters. The molecule has 1 fully saturated rings. The van der Waals surface area contributed by atoms with Crippen LogP contribution in [0.5, 0.6) is 0 Å². The number of carboxylic acid groups (broad SMARTS) is 1. The largest absolute Gasteiger partial charge is 0.480 e. The third-order valence-corrected chi connectivity index (χ3v) is 4.54. The molecule has 0 bridgehead atoms. The van der Waals surface area contributed by atoms with Crippen LogP contribution in [-0.2, 0) is 16.0 Å². The molecule has 1 unspecified atom stereocenters. The van der Waals surface area contributed by atoms with Crippen molar-refractivity contribution >= 4 is 23.2 Å². The van der Waals surface area contributed by atoms with Crippen LogP contribution in [0, 0.1) is 19.3 Å². The Kier molecular flexibility index (Phi) is 3.62. The highest BCUT2D eigenvalue weighted by atomic mass is 32.1. The number of aryl methyl sites for hydroxylation is 2. The van der Waals surface area contributed by atoms with E-state index in [-0.39, 0.29) is 12.5 Å². The molecule has 2 rings (SSSR count). The second-order valence-corrected chi connectivity index (χ2v) is 6.60. The van der Waals surface area contributed by atoms with Crippen molar-refractivity contribution in [2.75, 3.05) is 0 Å². The predicted octanol–water partition coefficient (Wildman–Crippen LogP) is 1.67. The molecular weight excluding hydrogens is 264 g/mol. The third kappa shape index (κ3) is 2.94. The molecular formula is C13H18N2O3S. The van der Waals surface area contributed by atoms with Gasteiger partial charge in [-0.3, -0.25) is 9.59 Å². The molecule has 1 heterocycles. The first-order valence-electron chi connectivity index (χ1n) is 6.30. The molecule has 1 aliphatic rings. The third-order valence-electron chi connectivity index (χ3n) is 3.46. The first kappa shape index (κ1) is 14.0. The molecule has 0 saturated heterocycles. The van der Waals surface area contributed by atoms with E-state index in [1.54, 1.807) is 0 Å². The van der Waals surface area contributed by atoms with Crippen molar-refractivity contribution in [1.82, 2.24) is 10.3 Å². The molecule has 1 aromatic rings. The zero-order valence-corrected chi connectivity index (χ0v) is 12.1. The Morgan fingerprint density at radius 1 is 1.47 bits per heavy atom. The Bertz CT molecular complexity index is 502. The minimum atomic E-state index is -1.45. The van der Waals surface area contributed by atoms with E-state index in [9.17, 15) is 14.7 Å². The number of carbonyl (C=O) groups is 2. The molecule has 2 N–H and O–H groups in total. The van der Waals surface area contributed by atoms with Gasteiger partial charge in [-0.05, 0) is 33.6 Å². The van der Waals surface area contributed by atoms with Gasteiger partial charge in [0, 0.05) is 17.3 Å². The fourth-order valence-corrected chi connectivity index (χ4v) is 2.83. The van der Waals surface area contributed by atoms with Crippen LogP contribution in [0.3, 0.4) is 0 Å². The predicted molar refractivity (Wildman–Crippen MR) is 72.2 cm³/mol. The van der Waals surface area contributed by atoms with E-state index in [0.29, 0.717) is 5.01 Å². The molecule has 0 radical (unpaired) electrons. The fraction of sp³-hybridized carbons (Fsp3) is 0.615. The van der Waals surface area contributed by atoms with Gasteiger partial charge in [0.25, 0.3) is 0 Å². The lowest BCUT2D eigenvalue weighted by molar-refractivity contribution is -0.154. The number of thiazole rings is 1. The highest BCUT2D eigenvalue weighted by Gasteiger charge is 2.44. The molecule has 0 spiro atoms. The SMILES string of the molecule is Cc1nc(CC(C)(C(=O)O)C(=O)NC2CC2)sc1C. The number of nitrogens with zero attached hydrogens (tertiary/aromatic N) is 1. The molecule has 19 heavy (non-hydrogen) atoms. The maximum Gasteiger partial charge on any atom is 0.319 e. The van der Waals surface area contributed by atoms with E-state index < -0.39 is 17.3 Å². The second kappa shape index (κ2) is 4.92. The number of nitrogens with one attached hydrogen (secondary N) is 1. The van der Waals surface area contributed by atoms with E-state index in [4.69, 9.17) is 0 Å². The summed E-state index contributed by atoms with van der Waals surface area (Å²) in [5, 5.41) is 12.9. The first-order valence-corrected chi connectivity index (χ1v) is 7.12. The van der Waals surface area contributed by atoms with Gasteiger partial charge in [-0.15, -0.1) is 11.3 Å². The molecule has 5 nitrogen and oxygen atoms in total. The van der Waals surface area contributed by atoms with Crippen molar-refractivity contribution in [3.8, 4) is 0 Å². The molecule has 104 valence electrons. The normalized spacial score (nSPS) is 17.8. The van der Waals surface area contributed by atoms with Crippen molar-refractivity contribution in [3.63, 3.8) is 0 Å². The number of aromatic nitrogens is 1. The quantitative estimate of drug-likeness (QED) is 0.805. The van der Waals surface area contributed by atoms with Crippen LogP contribution < -0.4 is 5.32 Å². The lowest BCUT2D eigenvalue weighted by Gasteiger charge is -2.22. The van der Waals surface area contributed by atoms with Gasteiger partial charge in [0.2, 0.25) is 5.91 Å². The highest BCUT2D eigenvalue weighted by molar-refractivity contribution is 7.11. The van der Waals surface area contributed by atoms with Gasteiger partial charge in [-0.25, -0.2) is 4.98 Å². The standard InChI is InChI=1S/C13H18N2O3S/c1-7-8(2)19-10(14-7)6-13(3,12(17)18)11(16)15-9-4-5-9/h9H,4-6H2,1-3H3,(H,15,16)(H,17,18). The Hall–Kier alpha value is -1.43. The zero-order chi connectivity index (χ0) is 14.2. The summed E-state index contributed by atoms with van der Waals surface area (Å²) in [7, 11) is 0. The van der Waals surface area contributed by atoms with E-state index in [1.165, 1.54) is 18.3 Å². The number of aliphatic carboxylic acids is 1. The van der Waals surface area contributed by atoms with Crippen LogP contribution >= 0.6 is 11.3 Å². The molecule has 1 aromatic heterocycles. The van der Waals surface area contributed by atoms with Gasteiger partial charge in [0.1, 0.15) is 5.41 Å². The second-order valence-electron chi connectivity index (χ2n) is 5.31. The average molecular weight is 282 g/mol. The molecule has 1 amide bonds. The summed E-state index contributed by atoms with van der Waals surface area (Å²) in [6, 6.07) is 0.158. The number of carboxylic acids is 1. The minimum Gasteiger partial charge on any atom is -0.480 e. The Morgan fingerprint density at radius 3 is 2.53 bits per heavy atom. The van der Waals surface area contributed by atoms with Crippen molar-refractivity contribution < 1.29 is 14.7 Å². The van der Waals surface area contributed by atoms with Gasteiger partial charge >= 0.3 is 5.97 Å². The van der Waals surface area contributed by atoms with E-state index in [0.717, 1.165) is 23.4 Å². The molecule has 0 aromatic carbocycles. The van der Waals surface area contributed by atoms with Gasteiger partial charge in [-0.1, -0.05) is 0 Å². The van der Waals surface area contributed by atoms with E-state index >= 15 is 0 Å². The fourth-order valence-electron chi connectivity index (χ4n) is 1.74. The summed E-state index contributed by atoms with van der Waals surface area (Å²) in [5.41, 5.74) is -0.547. The lowest BCUT2D eigenvalue weighted by atomic mass is 9.86. The van der Waals surface area contributed by atoms with Gasteiger partial charge < -0.3 is 10.4 Å². The van der Waals surface area contributed by atoms with Crippen molar-refractivity contribution in [2.45, 2.75) is 46.1 Å². The smallest absolute Gasteiger partial charge is 0.319 e. The van der Waals surface area contributed by atoms with Crippen LogP contribution in [0.15, 0.2) is 0 Å². The highest BCUT2D eigenvalue weighted by Crippen LogP contribution is 2.29. The van der Waals surface area contributed by atoms with Crippen molar-refractivity contribution in [1.29, 1.82) is 0 Å². The first-order chi connectivity index (χ1) is 8.83. The number of hydrogen-bond donors (Lipinski definition) is 2. The lowest BCUT2D eigenvalue weighted by Crippen LogP contribution is -2.46. The molecule has 0 aliphatic heterocycles. The van der Waals surface area contributed by atoms with Gasteiger partial charge in [-0.2, -0.15) is 0 Å². The van der Waals surface area contributed by atoms with Crippen LogP contribution in [-0.4, -0.2) is 28.0 Å². The number of rotatable bonds is 5. The maximum absolute atomic E-state index is 12.1. The van der Waals surface area contributed by atoms with E-state index in [1.807, 2.05) is 13.8 Å². The summed E-state index contributed by atoms with van der Waals surface area (Å²) >= 11 is 1.46. The summed E-state index contributed by atoms with van der Waals surface area (Å²) in [6.45, 7) is 5.30. The van der Waals surface area contributed by atoms with Crippen LogP contribution in [0.4, 0.5) is 0 Å². The topological polar surface area (TPSA) is 79.3 Å². The van der Waals surface area contributed by atoms with Crippen molar-refractivity contribution in [2.24, 2.45) is 5.41 Å². The number of hydrogen-bond acceptors (Lipinski definition) is 4. The summed E-state index contributed by atoms with van der Waals surface area (Å²) < 4.78 is 0. The van der Waals surface area contributed by atoms with Crippen LogP contribution in [0.2, 0.25) is 0 Å². The minimum absolute atomic E-state index is 0.139. The maximum atomic E-state index is 12.1. The number of amides is 1. The Balaban J connectivity index is 2.18. The summed E-state index contributed by atoms with van der Waals surface area (Å²) in [6.07, 6.45) is 2.02. The molecule has 1 saturated carbocycles. The zero-order valence-electron chi connectivity index (χ0n) is 11.3. The monoisotopic (exact) mass is 282 g/mol. The van der Waals surface area contributed by atoms with Crippen LogP contribution in [0.1, 0.15) is 35.3 Å².